The molecule has 1 aliphatic heterocycles. The van der Waals surface area contributed by atoms with Crippen molar-refractivity contribution in [1.82, 2.24) is 10.9 Å². The van der Waals surface area contributed by atoms with Crippen molar-refractivity contribution in [2.24, 2.45) is 0 Å². The van der Waals surface area contributed by atoms with E-state index in [0.29, 0.717) is 10.4 Å². The fraction of sp³-hybridized carbons (Fsp3) is 0.200. The summed E-state index contributed by atoms with van der Waals surface area (Å²) in [7, 11) is 0. The smallest absolute Gasteiger partial charge is 0.169 e. The molecule has 104 valence electrons. The van der Waals surface area contributed by atoms with Gasteiger partial charge >= 0.3 is 0 Å². The van der Waals surface area contributed by atoms with Gasteiger partial charge in [-0.25, -0.2) is 5.43 Å². The average Bonchev–Trinajstić information content (AvgIpc) is 3.02. The molecule has 0 saturated carbocycles. The second-order valence-corrected chi connectivity index (χ2v) is 5.73. The van der Waals surface area contributed by atoms with Crippen LogP contribution in [0, 0.1) is 13.8 Å². The van der Waals surface area contributed by atoms with Crippen LogP contribution < -0.4 is 10.9 Å². The summed E-state index contributed by atoms with van der Waals surface area (Å²) in [6, 6.07) is 7.63. The number of phenolic OH excluding ortho intramolecular Hbond substituents is 1. The number of halogens is 1. The minimum absolute atomic E-state index is 0.0588. The first-order valence-electron chi connectivity index (χ1n) is 6.34. The molecule has 0 amide bonds. The summed E-state index contributed by atoms with van der Waals surface area (Å²) < 4.78 is 6.24. The van der Waals surface area contributed by atoms with Crippen molar-refractivity contribution >= 4 is 21.6 Å². The quantitative estimate of drug-likeness (QED) is 0.786. The zero-order valence-corrected chi connectivity index (χ0v) is 12.8. The number of aromatic hydroxyl groups is 1. The fourth-order valence-corrected chi connectivity index (χ4v) is 2.70. The van der Waals surface area contributed by atoms with Crippen molar-refractivity contribution < 1.29 is 9.52 Å². The molecular weight excluding hydrogens is 320 g/mol. The lowest BCUT2D eigenvalue weighted by Gasteiger charge is -2.10. The largest absolute Gasteiger partial charge is 0.507 e. The van der Waals surface area contributed by atoms with Crippen LogP contribution in [0.15, 0.2) is 39.4 Å². The Labute approximate surface area is 125 Å². The van der Waals surface area contributed by atoms with Gasteiger partial charge in [-0.05, 0) is 65.2 Å². The highest BCUT2D eigenvalue weighted by atomic mass is 79.9. The van der Waals surface area contributed by atoms with Gasteiger partial charge in [0.2, 0.25) is 0 Å². The molecule has 3 N–H and O–H groups in total. The molecule has 1 aromatic carbocycles. The molecule has 1 aliphatic rings. The maximum atomic E-state index is 10.2. The van der Waals surface area contributed by atoms with Crippen LogP contribution in [0.25, 0.3) is 5.70 Å². The molecule has 3 rings (SSSR count). The number of benzene rings is 1. The average molecular weight is 335 g/mol. The first kappa shape index (κ1) is 13.3. The fourth-order valence-electron chi connectivity index (χ4n) is 2.38. The minimum atomic E-state index is -0.0588. The van der Waals surface area contributed by atoms with Gasteiger partial charge in [-0.2, -0.15) is 0 Å². The molecule has 2 aromatic rings. The Morgan fingerprint density at radius 1 is 1.25 bits per heavy atom. The van der Waals surface area contributed by atoms with Crippen LogP contribution in [0.4, 0.5) is 0 Å². The Morgan fingerprint density at radius 2 is 2.05 bits per heavy atom. The molecule has 5 heteroatoms. The molecule has 1 atom stereocenters. The molecule has 0 bridgehead atoms. The lowest BCUT2D eigenvalue weighted by Crippen LogP contribution is -2.26. The van der Waals surface area contributed by atoms with Crippen molar-refractivity contribution in [1.29, 1.82) is 0 Å². The molecule has 2 heterocycles. The summed E-state index contributed by atoms with van der Waals surface area (Å²) in [5.41, 5.74) is 9.86. The SMILES string of the molecule is Cc1cc(C)c(O)c(C2=CC(c3ccc(Br)o3)NN2)c1. The number of hydrogen-bond acceptors (Lipinski definition) is 4. The maximum Gasteiger partial charge on any atom is 0.169 e. The Balaban J connectivity index is 1.96. The van der Waals surface area contributed by atoms with E-state index in [0.717, 1.165) is 28.1 Å². The van der Waals surface area contributed by atoms with E-state index in [9.17, 15) is 5.11 Å². The van der Waals surface area contributed by atoms with Gasteiger partial charge in [0.05, 0.1) is 5.70 Å². The zero-order valence-electron chi connectivity index (χ0n) is 11.2. The number of hydrogen-bond donors (Lipinski definition) is 3. The van der Waals surface area contributed by atoms with Gasteiger partial charge in [-0.1, -0.05) is 6.07 Å². The predicted molar refractivity (Wildman–Crippen MR) is 81.0 cm³/mol. The highest BCUT2D eigenvalue weighted by Gasteiger charge is 2.22. The Kier molecular flexibility index (Phi) is 3.31. The molecule has 20 heavy (non-hydrogen) atoms. The van der Waals surface area contributed by atoms with Crippen LogP contribution in [-0.2, 0) is 0 Å². The van der Waals surface area contributed by atoms with Gasteiger partial charge in [-0.3, -0.25) is 0 Å². The number of furan rings is 1. The summed E-state index contributed by atoms with van der Waals surface area (Å²) in [4.78, 5) is 0. The molecule has 1 unspecified atom stereocenters. The molecule has 1 aromatic heterocycles. The number of rotatable bonds is 2. The van der Waals surface area contributed by atoms with E-state index < -0.39 is 0 Å². The van der Waals surface area contributed by atoms with E-state index in [1.807, 2.05) is 44.2 Å². The van der Waals surface area contributed by atoms with E-state index in [-0.39, 0.29) is 6.04 Å². The van der Waals surface area contributed by atoms with Crippen molar-refractivity contribution in [3.05, 3.63) is 57.5 Å². The van der Waals surface area contributed by atoms with Gasteiger partial charge in [-0.15, -0.1) is 0 Å². The molecule has 0 radical (unpaired) electrons. The van der Waals surface area contributed by atoms with Gasteiger partial charge in [0.15, 0.2) is 4.67 Å². The van der Waals surface area contributed by atoms with Gasteiger partial charge < -0.3 is 14.9 Å². The molecule has 0 aliphatic carbocycles. The predicted octanol–water partition coefficient (Wildman–Crippen LogP) is 3.55. The Hall–Kier alpha value is -1.72. The van der Waals surface area contributed by atoms with Gasteiger partial charge in [0.25, 0.3) is 0 Å². The normalized spacial score (nSPS) is 17.9. The van der Waals surface area contributed by atoms with Crippen LogP contribution in [0.2, 0.25) is 0 Å². The maximum absolute atomic E-state index is 10.2. The van der Waals surface area contributed by atoms with E-state index >= 15 is 0 Å². The summed E-state index contributed by atoms with van der Waals surface area (Å²) in [5, 5.41) is 10.2. The molecule has 0 saturated heterocycles. The Bertz CT molecular complexity index is 691. The highest BCUT2D eigenvalue weighted by Crippen LogP contribution is 2.33. The van der Waals surface area contributed by atoms with Gasteiger partial charge in [0, 0.05) is 5.56 Å². The molecule has 0 fully saturated rings. The van der Waals surface area contributed by atoms with Crippen molar-refractivity contribution in [3.63, 3.8) is 0 Å². The van der Waals surface area contributed by atoms with Crippen LogP contribution in [-0.4, -0.2) is 5.11 Å². The van der Waals surface area contributed by atoms with Gasteiger partial charge in [0.1, 0.15) is 17.6 Å². The van der Waals surface area contributed by atoms with Crippen molar-refractivity contribution in [3.8, 4) is 5.75 Å². The first-order valence-corrected chi connectivity index (χ1v) is 7.13. The van der Waals surface area contributed by atoms with E-state index in [1.165, 1.54) is 0 Å². The summed E-state index contributed by atoms with van der Waals surface area (Å²) in [5.74, 6) is 1.11. The topological polar surface area (TPSA) is 57.4 Å². The summed E-state index contributed by atoms with van der Waals surface area (Å²) in [6.07, 6.45) is 2.00. The number of aryl methyl sites for hydroxylation is 2. The van der Waals surface area contributed by atoms with E-state index in [1.54, 1.807) is 0 Å². The molecule has 4 nitrogen and oxygen atoms in total. The van der Waals surface area contributed by atoms with Crippen LogP contribution in [0.1, 0.15) is 28.5 Å². The molecule has 0 spiro atoms. The van der Waals surface area contributed by atoms with Crippen LogP contribution >= 0.6 is 15.9 Å². The summed E-state index contributed by atoms with van der Waals surface area (Å²) in [6.45, 7) is 3.91. The van der Waals surface area contributed by atoms with E-state index in [2.05, 4.69) is 26.8 Å². The monoisotopic (exact) mass is 334 g/mol. The minimum Gasteiger partial charge on any atom is -0.507 e. The van der Waals surface area contributed by atoms with Crippen molar-refractivity contribution in [2.45, 2.75) is 19.9 Å². The molecular formula is C15H15BrN2O2. The van der Waals surface area contributed by atoms with Crippen LogP contribution in [0.5, 0.6) is 5.75 Å². The Morgan fingerprint density at radius 3 is 2.75 bits per heavy atom. The first-order chi connectivity index (χ1) is 9.54. The summed E-state index contributed by atoms with van der Waals surface area (Å²) >= 11 is 3.29. The van der Waals surface area contributed by atoms with Crippen LogP contribution in [0.3, 0.4) is 0 Å². The third-order valence-electron chi connectivity index (χ3n) is 3.33. The third kappa shape index (κ3) is 2.34. The van der Waals surface area contributed by atoms with E-state index in [4.69, 9.17) is 4.42 Å². The standard InChI is InChI=1S/C15H15BrN2O2/c1-8-5-9(2)15(19)10(6-8)11-7-12(18-17-11)13-3-4-14(16)20-13/h3-7,12,17-19H,1-2H3. The number of nitrogens with one attached hydrogen (secondary N) is 2. The lowest BCUT2D eigenvalue weighted by molar-refractivity contribution is 0.439. The number of hydrazine groups is 1. The zero-order chi connectivity index (χ0) is 14.3. The lowest BCUT2D eigenvalue weighted by atomic mass is 10.0. The van der Waals surface area contributed by atoms with Crippen molar-refractivity contribution in [2.75, 3.05) is 0 Å². The highest BCUT2D eigenvalue weighted by molar-refractivity contribution is 9.10. The third-order valence-corrected chi connectivity index (χ3v) is 3.76. The number of phenols is 1. The second kappa shape index (κ2) is 5.00. The second-order valence-electron chi connectivity index (χ2n) is 4.95.